The van der Waals surface area contributed by atoms with Crippen LogP contribution >= 0.6 is 0 Å². The third-order valence-corrected chi connectivity index (χ3v) is 9.91. The van der Waals surface area contributed by atoms with Gasteiger partial charge in [-0.15, -0.1) is 0 Å². The summed E-state index contributed by atoms with van der Waals surface area (Å²) in [7, 11) is -3.82. The van der Waals surface area contributed by atoms with Crippen LogP contribution in [0.4, 0.5) is 11.5 Å². The van der Waals surface area contributed by atoms with Crippen LogP contribution in [0.2, 0.25) is 0 Å². The van der Waals surface area contributed by atoms with Crippen LogP contribution in [0.25, 0.3) is 11.0 Å². The molecule has 0 saturated carbocycles. The van der Waals surface area contributed by atoms with E-state index >= 15 is 0 Å². The zero-order valence-electron chi connectivity index (χ0n) is 27.6. The largest absolute Gasteiger partial charge is 0.376 e. The molecule has 4 aromatic rings. The number of carbonyl (C=O) groups excluding carboxylic acids is 1. The molecule has 1 aliphatic rings. The minimum atomic E-state index is -3.82. The molecule has 11 heteroatoms. The van der Waals surface area contributed by atoms with Crippen molar-refractivity contribution in [3.8, 4) is 0 Å². The highest BCUT2D eigenvalue weighted by Crippen LogP contribution is 2.27. The highest BCUT2D eigenvalue weighted by atomic mass is 32.2. The summed E-state index contributed by atoms with van der Waals surface area (Å²) in [5.41, 5.74) is 3.48. The van der Waals surface area contributed by atoms with E-state index in [2.05, 4.69) is 71.4 Å². The van der Waals surface area contributed by atoms with Gasteiger partial charge in [-0.05, 0) is 61.4 Å². The fourth-order valence-electron chi connectivity index (χ4n) is 6.17. The Morgan fingerprint density at radius 1 is 1.00 bits per heavy atom. The number of hydrogen-bond donors (Lipinski definition) is 2. The monoisotopic (exact) mass is 645 g/mol. The highest BCUT2D eigenvalue weighted by Gasteiger charge is 2.26. The third kappa shape index (κ3) is 8.06. The van der Waals surface area contributed by atoms with Crippen LogP contribution in [0.1, 0.15) is 51.7 Å². The lowest BCUT2D eigenvalue weighted by atomic mass is 10.1. The number of aromatic nitrogens is 3. The van der Waals surface area contributed by atoms with Crippen molar-refractivity contribution in [3.05, 3.63) is 78.2 Å². The van der Waals surface area contributed by atoms with E-state index in [-0.39, 0.29) is 23.4 Å². The van der Waals surface area contributed by atoms with E-state index in [0.29, 0.717) is 41.8 Å². The SMILES string of the molecule is Cc1ccc(S(=O)(=O)n2ccc3c(N[C@H]4CCCN(C(=O)CNc5ccccc5CN(CC(C)C)CC(C)C)C4)ncnc32)cc1. The van der Waals surface area contributed by atoms with Crippen LogP contribution in [0.5, 0.6) is 0 Å². The van der Waals surface area contributed by atoms with E-state index in [4.69, 9.17) is 0 Å². The van der Waals surface area contributed by atoms with Crippen molar-refractivity contribution in [2.24, 2.45) is 11.8 Å². The number of benzene rings is 2. The van der Waals surface area contributed by atoms with Crippen molar-refractivity contribution in [1.82, 2.24) is 23.7 Å². The molecule has 1 atom stereocenters. The number of fused-ring (bicyclic) bond motifs is 1. The Morgan fingerprint density at radius 3 is 2.43 bits per heavy atom. The minimum Gasteiger partial charge on any atom is -0.376 e. The molecule has 46 heavy (non-hydrogen) atoms. The molecule has 2 N–H and O–H groups in total. The van der Waals surface area contributed by atoms with Crippen LogP contribution < -0.4 is 10.6 Å². The first-order valence-corrected chi connectivity index (χ1v) is 17.7. The maximum atomic E-state index is 13.4. The molecular weight excluding hydrogens is 598 g/mol. The van der Waals surface area contributed by atoms with Gasteiger partial charge in [0, 0.05) is 50.6 Å². The molecule has 3 heterocycles. The molecule has 0 unspecified atom stereocenters. The quantitative estimate of drug-likeness (QED) is 0.193. The van der Waals surface area contributed by atoms with E-state index in [1.165, 1.54) is 22.1 Å². The molecule has 0 spiro atoms. The van der Waals surface area contributed by atoms with Gasteiger partial charge in [0.05, 0.1) is 16.8 Å². The maximum Gasteiger partial charge on any atom is 0.269 e. The van der Waals surface area contributed by atoms with E-state index < -0.39 is 10.0 Å². The lowest BCUT2D eigenvalue weighted by molar-refractivity contribution is -0.130. The van der Waals surface area contributed by atoms with Crippen molar-refractivity contribution in [1.29, 1.82) is 0 Å². The smallest absolute Gasteiger partial charge is 0.269 e. The lowest BCUT2D eigenvalue weighted by Gasteiger charge is -2.34. The molecule has 0 radical (unpaired) electrons. The molecule has 1 fully saturated rings. The molecule has 1 aliphatic heterocycles. The standard InChI is InChI=1S/C35H47N7O3S/c1-25(2)20-40(21-26(3)4)22-28-9-6-7-11-32(28)36-19-33(43)41-17-8-10-29(23-41)39-34-31-16-18-42(35(31)38-24-37-34)46(44,45)30-14-12-27(5)13-15-30/h6-7,9,11-16,18,24-26,29,36H,8,10,17,19-23H2,1-5H3,(H,37,38,39)/t29-/m0/s1. The van der Waals surface area contributed by atoms with Gasteiger partial charge < -0.3 is 15.5 Å². The number of piperidine rings is 1. The first-order chi connectivity index (χ1) is 22.0. The van der Waals surface area contributed by atoms with Gasteiger partial charge in [0.2, 0.25) is 5.91 Å². The van der Waals surface area contributed by atoms with Crippen LogP contribution in [0.15, 0.2) is 72.0 Å². The Bertz CT molecular complexity index is 1720. The fraction of sp³-hybridized carbons (Fsp3) is 0.457. The highest BCUT2D eigenvalue weighted by molar-refractivity contribution is 7.90. The summed E-state index contributed by atoms with van der Waals surface area (Å²) in [5, 5.41) is 7.52. The van der Waals surface area contributed by atoms with Gasteiger partial charge >= 0.3 is 0 Å². The fourth-order valence-corrected chi connectivity index (χ4v) is 7.47. The number of hydrogen-bond acceptors (Lipinski definition) is 8. The number of aryl methyl sites for hydroxylation is 1. The molecule has 2 aromatic carbocycles. The zero-order chi connectivity index (χ0) is 32.8. The van der Waals surface area contributed by atoms with E-state index in [1.54, 1.807) is 30.3 Å². The number of rotatable bonds is 13. The summed E-state index contributed by atoms with van der Waals surface area (Å²) < 4.78 is 28.0. The Balaban J connectivity index is 1.23. The Kier molecular flexibility index (Phi) is 10.6. The van der Waals surface area contributed by atoms with Gasteiger partial charge in [-0.3, -0.25) is 9.69 Å². The average Bonchev–Trinajstić information content (AvgIpc) is 3.46. The first kappa shape index (κ1) is 33.4. The molecule has 0 bridgehead atoms. The normalized spacial score (nSPS) is 15.7. The van der Waals surface area contributed by atoms with Crippen LogP contribution in [0.3, 0.4) is 0 Å². The van der Waals surface area contributed by atoms with Gasteiger partial charge in [-0.1, -0.05) is 63.6 Å². The molecule has 2 aromatic heterocycles. The predicted molar refractivity (Wildman–Crippen MR) is 184 cm³/mol. The van der Waals surface area contributed by atoms with Gasteiger partial charge in [0.25, 0.3) is 10.0 Å². The second-order valence-corrected chi connectivity index (χ2v) is 15.0. The third-order valence-electron chi connectivity index (χ3n) is 8.23. The summed E-state index contributed by atoms with van der Waals surface area (Å²) in [4.78, 5) is 26.7. The molecule has 1 amide bonds. The van der Waals surface area contributed by atoms with E-state index in [1.807, 2.05) is 17.9 Å². The summed E-state index contributed by atoms with van der Waals surface area (Å²) in [6.45, 7) is 15.2. The second-order valence-electron chi connectivity index (χ2n) is 13.2. The van der Waals surface area contributed by atoms with Crippen molar-refractivity contribution in [3.63, 3.8) is 0 Å². The molecule has 0 aliphatic carbocycles. The Labute approximate surface area is 273 Å². The summed E-state index contributed by atoms with van der Waals surface area (Å²) in [6.07, 6.45) is 4.62. The van der Waals surface area contributed by atoms with Gasteiger partial charge in [0.15, 0.2) is 5.65 Å². The lowest BCUT2D eigenvalue weighted by Crippen LogP contribution is -2.47. The van der Waals surface area contributed by atoms with Crippen molar-refractivity contribution in [2.45, 2.75) is 64.9 Å². The van der Waals surface area contributed by atoms with Crippen molar-refractivity contribution >= 4 is 38.5 Å². The summed E-state index contributed by atoms with van der Waals surface area (Å²) in [5.74, 6) is 1.75. The number of carbonyl (C=O) groups is 1. The van der Waals surface area contributed by atoms with Crippen molar-refractivity contribution < 1.29 is 13.2 Å². The molecule has 5 rings (SSSR count). The first-order valence-electron chi connectivity index (χ1n) is 16.2. The number of para-hydroxylation sites is 1. The molecule has 10 nitrogen and oxygen atoms in total. The zero-order valence-corrected chi connectivity index (χ0v) is 28.4. The summed E-state index contributed by atoms with van der Waals surface area (Å²) >= 11 is 0. The summed E-state index contributed by atoms with van der Waals surface area (Å²) in [6, 6.07) is 16.7. The Morgan fingerprint density at radius 2 is 1.72 bits per heavy atom. The van der Waals surface area contributed by atoms with E-state index in [9.17, 15) is 13.2 Å². The number of anilines is 2. The Hall–Kier alpha value is -3.96. The number of amides is 1. The predicted octanol–water partition coefficient (Wildman–Crippen LogP) is 5.61. The van der Waals surface area contributed by atoms with Crippen LogP contribution in [-0.2, 0) is 21.4 Å². The molecular formula is C35H47N7O3S. The average molecular weight is 646 g/mol. The maximum absolute atomic E-state index is 13.4. The van der Waals surface area contributed by atoms with Crippen LogP contribution in [-0.4, -0.2) is 76.8 Å². The number of nitrogens with zero attached hydrogens (tertiary/aromatic N) is 5. The molecule has 1 saturated heterocycles. The molecule has 246 valence electrons. The van der Waals surface area contributed by atoms with Gasteiger partial charge in [-0.25, -0.2) is 22.4 Å². The number of nitrogens with one attached hydrogen (secondary N) is 2. The number of likely N-dealkylation sites (tertiary alicyclic amines) is 1. The van der Waals surface area contributed by atoms with E-state index in [0.717, 1.165) is 43.7 Å². The minimum absolute atomic E-state index is 0.0271. The van der Waals surface area contributed by atoms with Crippen LogP contribution in [0, 0.1) is 18.8 Å². The second kappa shape index (κ2) is 14.6. The van der Waals surface area contributed by atoms with Gasteiger partial charge in [-0.2, -0.15) is 0 Å². The van der Waals surface area contributed by atoms with Gasteiger partial charge in [0.1, 0.15) is 12.1 Å². The van der Waals surface area contributed by atoms with Crippen molar-refractivity contribution in [2.75, 3.05) is 43.4 Å². The topological polar surface area (TPSA) is 112 Å².